The molecule has 138 valence electrons. The van der Waals surface area contributed by atoms with Crippen LogP contribution in [0.2, 0.25) is 0 Å². The average Bonchev–Trinajstić information content (AvgIpc) is 2.96. The summed E-state index contributed by atoms with van der Waals surface area (Å²) in [4.78, 5) is 18.4. The number of benzene rings is 1. The van der Waals surface area contributed by atoms with Crippen LogP contribution in [0.4, 0.5) is 0 Å². The van der Waals surface area contributed by atoms with Crippen LogP contribution in [0.3, 0.4) is 0 Å². The third kappa shape index (κ3) is 3.67. The maximum atomic E-state index is 12.7. The van der Waals surface area contributed by atoms with Crippen molar-refractivity contribution in [2.45, 2.75) is 25.8 Å². The minimum atomic E-state index is -0.252. The van der Waals surface area contributed by atoms with Crippen molar-refractivity contribution in [2.75, 3.05) is 13.1 Å². The van der Waals surface area contributed by atoms with Gasteiger partial charge in [-0.05, 0) is 24.1 Å². The highest BCUT2D eigenvalue weighted by atomic mass is 16.3. The maximum Gasteiger partial charge on any atom is 0.276 e. The smallest absolute Gasteiger partial charge is 0.276 e. The first-order valence-corrected chi connectivity index (χ1v) is 9.10. The van der Waals surface area contributed by atoms with Crippen LogP contribution >= 0.6 is 0 Å². The zero-order chi connectivity index (χ0) is 18.6. The van der Waals surface area contributed by atoms with Crippen LogP contribution in [0, 0.1) is 0 Å². The van der Waals surface area contributed by atoms with Crippen molar-refractivity contribution in [2.24, 2.45) is 0 Å². The fraction of sp³-hybridized carbons (Fsp3) is 0.300. The van der Waals surface area contributed by atoms with Gasteiger partial charge >= 0.3 is 0 Å². The summed E-state index contributed by atoms with van der Waals surface area (Å²) in [7, 11) is 0. The third-order valence-corrected chi connectivity index (χ3v) is 4.86. The minimum Gasteiger partial charge on any atom is -0.505 e. The van der Waals surface area contributed by atoms with Crippen LogP contribution in [0.25, 0.3) is 0 Å². The number of carbonyl (C=O) groups is 1. The van der Waals surface area contributed by atoms with E-state index in [0.717, 1.165) is 24.5 Å². The molecule has 3 aromatic rings. The van der Waals surface area contributed by atoms with Crippen LogP contribution < -0.4 is 0 Å². The Bertz CT molecular complexity index is 939. The molecule has 1 aliphatic heterocycles. The summed E-state index contributed by atoms with van der Waals surface area (Å²) < 4.78 is 2.12. The van der Waals surface area contributed by atoms with Crippen LogP contribution in [0.1, 0.15) is 27.7 Å². The molecule has 0 saturated carbocycles. The van der Waals surface area contributed by atoms with Crippen LogP contribution in [0.5, 0.6) is 5.75 Å². The number of aromatic nitrogens is 4. The topological polar surface area (TPSA) is 84.1 Å². The van der Waals surface area contributed by atoms with Crippen molar-refractivity contribution in [1.29, 1.82) is 0 Å². The predicted molar refractivity (Wildman–Crippen MR) is 99.4 cm³/mol. The summed E-state index contributed by atoms with van der Waals surface area (Å²) in [5.74, 6) is 1.51. The number of rotatable bonds is 4. The molecule has 3 heterocycles. The third-order valence-electron chi connectivity index (χ3n) is 4.86. The van der Waals surface area contributed by atoms with Crippen LogP contribution in [-0.2, 0) is 25.8 Å². The van der Waals surface area contributed by atoms with E-state index in [1.807, 2.05) is 18.2 Å². The van der Waals surface area contributed by atoms with Crippen molar-refractivity contribution in [3.05, 3.63) is 71.6 Å². The summed E-state index contributed by atoms with van der Waals surface area (Å²) in [5, 5.41) is 18.6. The second-order valence-electron chi connectivity index (χ2n) is 6.58. The molecule has 0 radical (unpaired) electrons. The van der Waals surface area contributed by atoms with Gasteiger partial charge in [0.2, 0.25) is 0 Å². The summed E-state index contributed by atoms with van der Waals surface area (Å²) in [6.07, 6.45) is 3.87. The van der Waals surface area contributed by atoms with Gasteiger partial charge in [-0.3, -0.25) is 4.79 Å². The van der Waals surface area contributed by atoms with Crippen molar-refractivity contribution in [1.82, 2.24) is 24.6 Å². The molecule has 0 atom stereocenters. The summed E-state index contributed by atoms with van der Waals surface area (Å²) >= 11 is 0. The van der Waals surface area contributed by atoms with E-state index in [0.29, 0.717) is 26.1 Å². The summed E-state index contributed by atoms with van der Waals surface area (Å²) in [6.45, 7) is 1.72. The molecule has 1 aromatic carbocycles. The Hall–Kier alpha value is -3.22. The van der Waals surface area contributed by atoms with E-state index in [4.69, 9.17) is 0 Å². The minimum absolute atomic E-state index is 0.0882. The van der Waals surface area contributed by atoms with E-state index in [9.17, 15) is 9.90 Å². The van der Waals surface area contributed by atoms with Gasteiger partial charge in [0.15, 0.2) is 5.69 Å². The van der Waals surface area contributed by atoms with Crippen molar-refractivity contribution >= 4 is 5.91 Å². The quantitative estimate of drug-likeness (QED) is 0.765. The first kappa shape index (κ1) is 17.2. The molecule has 7 nitrogen and oxygen atoms in total. The summed E-state index contributed by atoms with van der Waals surface area (Å²) in [5.41, 5.74) is 1.37. The van der Waals surface area contributed by atoms with Gasteiger partial charge in [-0.15, -0.1) is 10.2 Å². The Labute approximate surface area is 157 Å². The zero-order valence-electron chi connectivity index (χ0n) is 15.0. The van der Waals surface area contributed by atoms with Crippen LogP contribution in [-0.4, -0.2) is 48.8 Å². The van der Waals surface area contributed by atoms with Gasteiger partial charge in [-0.2, -0.15) is 0 Å². The van der Waals surface area contributed by atoms with E-state index in [2.05, 4.69) is 31.9 Å². The van der Waals surface area contributed by atoms with Gasteiger partial charge in [-0.1, -0.05) is 30.3 Å². The lowest BCUT2D eigenvalue weighted by Gasteiger charge is -2.20. The van der Waals surface area contributed by atoms with Gasteiger partial charge < -0.3 is 14.6 Å². The molecule has 1 N–H and O–H groups in total. The number of amides is 1. The molecule has 2 aromatic heterocycles. The molecule has 0 spiro atoms. The molecule has 0 saturated heterocycles. The normalized spacial score (nSPS) is 13.9. The molecule has 27 heavy (non-hydrogen) atoms. The van der Waals surface area contributed by atoms with Crippen molar-refractivity contribution < 1.29 is 9.90 Å². The van der Waals surface area contributed by atoms with E-state index in [-0.39, 0.29) is 17.4 Å². The molecule has 0 bridgehead atoms. The standard InChI is InChI=1S/C20H21N5O2/c26-16-7-4-11-21-19(16)20(27)24-12-10-18-23-22-17(25(18)14-13-24)9-8-15-5-2-1-3-6-15/h1-7,11,26H,8-10,12-14H2. The highest BCUT2D eigenvalue weighted by Gasteiger charge is 2.24. The van der Waals surface area contributed by atoms with Gasteiger partial charge in [0, 0.05) is 38.7 Å². The fourth-order valence-corrected chi connectivity index (χ4v) is 3.38. The monoisotopic (exact) mass is 363 g/mol. The average molecular weight is 363 g/mol. The lowest BCUT2D eigenvalue weighted by molar-refractivity contribution is 0.0749. The van der Waals surface area contributed by atoms with Gasteiger partial charge in [-0.25, -0.2) is 4.98 Å². The number of hydrogen-bond acceptors (Lipinski definition) is 5. The number of aromatic hydroxyl groups is 1. The van der Waals surface area contributed by atoms with E-state index >= 15 is 0 Å². The second kappa shape index (κ2) is 7.57. The number of aryl methyl sites for hydroxylation is 2. The highest BCUT2D eigenvalue weighted by Crippen LogP contribution is 2.18. The Morgan fingerprint density at radius 3 is 2.67 bits per heavy atom. The molecule has 4 rings (SSSR count). The number of fused-ring (bicyclic) bond motifs is 1. The number of pyridine rings is 1. The van der Waals surface area contributed by atoms with E-state index < -0.39 is 0 Å². The number of carbonyl (C=O) groups excluding carboxylic acids is 1. The molecule has 1 aliphatic rings. The maximum absolute atomic E-state index is 12.7. The van der Waals surface area contributed by atoms with E-state index in [1.54, 1.807) is 11.0 Å². The van der Waals surface area contributed by atoms with Crippen molar-refractivity contribution in [3.63, 3.8) is 0 Å². The number of hydrogen-bond donors (Lipinski definition) is 1. The molecule has 0 aliphatic carbocycles. The SMILES string of the molecule is O=C(c1ncccc1O)N1CCc2nnc(CCc3ccccc3)n2CC1. The highest BCUT2D eigenvalue weighted by molar-refractivity contribution is 5.94. The molecule has 0 fully saturated rings. The van der Waals surface area contributed by atoms with Gasteiger partial charge in [0.05, 0.1) is 0 Å². The second-order valence-corrected chi connectivity index (χ2v) is 6.58. The molecule has 7 heteroatoms. The predicted octanol–water partition coefficient (Wildman–Crippen LogP) is 1.86. The number of nitrogens with zero attached hydrogens (tertiary/aromatic N) is 5. The lowest BCUT2D eigenvalue weighted by Crippen LogP contribution is -2.34. The summed E-state index contributed by atoms with van der Waals surface area (Å²) in [6, 6.07) is 13.4. The fourth-order valence-electron chi connectivity index (χ4n) is 3.38. The first-order chi connectivity index (χ1) is 13.2. The molecular formula is C20H21N5O2. The van der Waals surface area contributed by atoms with Crippen molar-refractivity contribution in [3.8, 4) is 5.75 Å². The molecule has 1 amide bonds. The molecular weight excluding hydrogens is 342 g/mol. The van der Waals surface area contributed by atoms with E-state index in [1.165, 1.54) is 17.8 Å². The largest absolute Gasteiger partial charge is 0.505 e. The Morgan fingerprint density at radius 1 is 1.00 bits per heavy atom. The molecule has 0 unspecified atom stereocenters. The van der Waals surface area contributed by atoms with Crippen LogP contribution in [0.15, 0.2) is 48.7 Å². The Balaban J connectivity index is 1.45. The first-order valence-electron chi connectivity index (χ1n) is 9.10. The lowest BCUT2D eigenvalue weighted by atomic mass is 10.1. The Kier molecular flexibility index (Phi) is 4.82. The van der Waals surface area contributed by atoms with Gasteiger partial charge in [0.1, 0.15) is 17.4 Å². The Morgan fingerprint density at radius 2 is 1.85 bits per heavy atom. The van der Waals surface area contributed by atoms with Gasteiger partial charge in [0.25, 0.3) is 5.91 Å². The zero-order valence-corrected chi connectivity index (χ0v) is 15.0.